The maximum absolute atomic E-state index is 14.2. The van der Waals surface area contributed by atoms with Crippen molar-refractivity contribution in [1.82, 2.24) is 29.8 Å². The summed E-state index contributed by atoms with van der Waals surface area (Å²) >= 11 is 9.00. The topological polar surface area (TPSA) is 120 Å². The van der Waals surface area contributed by atoms with Crippen molar-refractivity contribution < 1.29 is 50.4 Å². The molecule has 1 fully saturated rings. The van der Waals surface area contributed by atoms with Gasteiger partial charge in [0.15, 0.2) is 5.82 Å². The number of hydrogen-bond acceptors (Lipinski definition) is 8. The second-order valence-corrected chi connectivity index (χ2v) is 10.9. The molecule has 5 rings (SSSR count). The van der Waals surface area contributed by atoms with Crippen molar-refractivity contribution in [3.8, 4) is 16.9 Å². The predicted molar refractivity (Wildman–Crippen MR) is 140 cm³/mol. The van der Waals surface area contributed by atoms with Crippen molar-refractivity contribution >= 4 is 27.5 Å². The van der Waals surface area contributed by atoms with Crippen LogP contribution in [0.15, 0.2) is 53.4 Å². The average Bonchev–Trinajstić information content (AvgIpc) is 3.63. The van der Waals surface area contributed by atoms with Crippen LogP contribution >= 0.6 is 27.5 Å². The quantitative estimate of drug-likeness (QED) is 0.255. The standard InChI is InChI=1S/C25H19BrClF7N6O4/c26-14-4-1-11(5-15(14)28)16-7-40(38-36-16)19-20(42)18(8-41)44-22(21(19)43-9-24(29,30)31)23-37-35-10-39(23)17-6-12(27)2-3-13(17)25(32,33)34/h1-7,10,18-22,41-42H,8-9H2/t18-,19+,20+,21-,22-/m1/s1. The second kappa shape index (κ2) is 12.3. The molecule has 2 aromatic carbocycles. The van der Waals surface area contributed by atoms with Gasteiger partial charge in [0.2, 0.25) is 0 Å². The van der Waals surface area contributed by atoms with Crippen LogP contribution in [0.1, 0.15) is 23.5 Å². The van der Waals surface area contributed by atoms with Gasteiger partial charge >= 0.3 is 12.4 Å². The van der Waals surface area contributed by atoms with E-state index in [9.17, 15) is 40.9 Å². The highest BCUT2D eigenvalue weighted by molar-refractivity contribution is 9.10. The molecule has 3 heterocycles. The summed E-state index contributed by atoms with van der Waals surface area (Å²) in [6.07, 6.45) is -14.6. The third kappa shape index (κ3) is 6.59. The van der Waals surface area contributed by atoms with E-state index >= 15 is 0 Å². The molecule has 1 saturated heterocycles. The molecule has 0 unspecified atom stereocenters. The lowest BCUT2D eigenvalue weighted by Gasteiger charge is -2.43. The largest absolute Gasteiger partial charge is 0.418 e. The molecule has 19 heteroatoms. The first-order valence-corrected chi connectivity index (χ1v) is 13.6. The van der Waals surface area contributed by atoms with Crippen molar-refractivity contribution in [2.24, 2.45) is 0 Å². The van der Waals surface area contributed by atoms with E-state index in [1.807, 2.05) is 0 Å². The highest BCUT2D eigenvalue weighted by Gasteiger charge is 2.51. The van der Waals surface area contributed by atoms with Crippen LogP contribution in [0, 0.1) is 5.82 Å². The van der Waals surface area contributed by atoms with Gasteiger partial charge in [-0.05, 0) is 46.3 Å². The summed E-state index contributed by atoms with van der Waals surface area (Å²) in [5.41, 5.74) is -1.48. The number of alkyl halides is 6. The summed E-state index contributed by atoms with van der Waals surface area (Å²) in [4.78, 5) is 0. The Morgan fingerprint density at radius 2 is 1.82 bits per heavy atom. The van der Waals surface area contributed by atoms with Crippen LogP contribution in [-0.2, 0) is 15.7 Å². The van der Waals surface area contributed by atoms with Crippen LogP contribution in [-0.4, -0.2) is 77.7 Å². The van der Waals surface area contributed by atoms with Gasteiger partial charge in [0.1, 0.15) is 54.9 Å². The second-order valence-electron chi connectivity index (χ2n) is 9.58. The van der Waals surface area contributed by atoms with Crippen molar-refractivity contribution in [3.63, 3.8) is 0 Å². The van der Waals surface area contributed by atoms with Gasteiger partial charge in [0.05, 0.1) is 28.5 Å². The number of aromatic nitrogens is 6. The maximum atomic E-state index is 14.2. The molecule has 44 heavy (non-hydrogen) atoms. The van der Waals surface area contributed by atoms with E-state index < -0.39 is 78.9 Å². The fourth-order valence-corrected chi connectivity index (χ4v) is 5.17. The van der Waals surface area contributed by atoms with Gasteiger partial charge in [-0.2, -0.15) is 26.3 Å². The lowest BCUT2D eigenvalue weighted by Crippen LogP contribution is -2.54. The van der Waals surface area contributed by atoms with Crippen LogP contribution < -0.4 is 0 Å². The number of ether oxygens (including phenoxy) is 2. The molecule has 1 aliphatic heterocycles. The number of nitrogens with zero attached hydrogens (tertiary/aromatic N) is 6. The van der Waals surface area contributed by atoms with E-state index in [0.717, 1.165) is 33.8 Å². The van der Waals surface area contributed by atoms with Gasteiger partial charge in [-0.25, -0.2) is 9.07 Å². The zero-order chi connectivity index (χ0) is 32.0. The molecule has 0 aliphatic carbocycles. The van der Waals surface area contributed by atoms with Gasteiger partial charge in [-0.1, -0.05) is 22.9 Å². The minimum Gasteiger partial charge on any atom is -0.394 e. The first-order chi connectivity index (χ1) is 20.7. The molecule has 0 radical (unpaired) electrons. The van der Waals surface area contributed by atoms with Crippen LogP contribution in [0.3, 0.4) is 0 Å². The van der Waals surface area contributed by atoms with Crippen LogP contribution in [0.2, 0.25) is 5.02 Å². The van der Waals surface area contributed by atoms with Gasteiger partial charge in [0, 0.05) is 10.6 Å². The molecular formula is C25H19BrClF7N6O4. The van der Waals surface area contributed by atoms with Crippen molar-refractivity contribution in [3.05, 3.63) is 75.6 Å². The fourth-order valence-electron chi connectivity index (χ4n) is 4.76. The molecule has 5 atom stereocenters. The molecule has 2 N–H and O–H groups in total. The highest BCUT2D eigenvalue weighted by Crippen LogP contribution is 2.42. The SMILES string of the molecule is OC[C@H]1O[C@@H](c2nncn2-c2cc(Cl)ccc2C(F)(F)F)[C@H](OCC(F)(F)F)[C@@H](n2cc(-c3ccc(Br)c(F)c3)nn2)[C@H]1O. The summed E-state index contributed by atoms with van der Waals surface area (Å²) in [5, 5.41) is 36.3. The van der Waals surface area contributed by atoms with E-state index in [1.165, 1.54) is 18.3 Å². The third-order valence-corrected chi connectivity index (χ3v) is 7.57. The summed E-state index contributed by atoms with van der Waals surface area (Å²) in [6, 6.07) is 5.04. The van der Waals surface area contributed by atoms with Gasteiger partial charge in [0.25, 0.3) is 0 Å². The molecule has 0 spiro atoms. The van der Waals surface area contributed by atoms with Gasteiger partial charge < -0.3 is 19.7 Å². The lowest BCUT2D eigenvalue weighted by atomic mass is 9.91. The number of benzene rings is 2. The summed E-state index contributed by atoms with van der Waals surface area (Å²) in [5.74, 6) is -1.11. The van der Waals surface area contributed by atoms with E-state index in [-0.39, 0.29) is 20.8 Å². The average molecular weight is 716 g/mol. The highest BCUT2D eigenvalue weighted by atomic mass is 79.9. The lowest BCUT2D eigenvalue weighted by molar-refractivity contribution is -0.253. The Bertz CT molecular complexity index is 1630. The Morgan fingerprint density at radius 3 is 2.48 bits per heavy atom. The van der Waals surface area contributed by atoms with E-state index in [2.05, 4.69) is 36.4 Å². The first-order valence-electron chi connectivity index (χ1n) is 12.4. The van der Waals surface area contributed by atoms with E-state index in [1.54, 1.807) is 0 Å². The Kier molecular flexibility index (Phi) is 9.03. The van der Waals surface area contributed by atoms with Crippen LogP contribution in [0.4, 0.5) is 30.7 Å². The zero-order valence-corrected chi connectivity index (χ0v) is 24.1. The molecule has 4 aromatic rings. The van der Waals surface area contributed by atoms with Crippen LogP contribution in [0.5, 0.6) is 0 Å². The molecule has 0 bridgehead atoms. The molecule has 10 nitrogen and oxygen atoms in total. The monoisotopic (exact) mass is 714 g/mol. The zero-order valence-electron chi connectivity index (χ0n) is 21.7. The van der Waals surface area contributed by atoms with Crippen molar-refractivity contribution in [1.29, 1.82) is 0 Å². The summed E-state index contributed by atoms with van der Waals surface area (Å²) in [7, 11) is 0. The summed E-state index contributed by atoms with van der Waals surface area (Å²) in [6.45, 7) is -2.75. The number of rotatable bonds is 7. The predicted octanol–water partition coefficient (Wildman–Crippen LogP) is 5.08. The molecule has 0 amide bonds. The van der Waals surface area contributed by atoms with Crippen molar-refractivity contribution in [2.45, 2.75) is 42.8 Å². The smallest absolute Gasteiger partial charge is 0.394 e. The Hall–Kier alpha value is -3.16. The molecule has 2 aromatic heterocycles. The number of halogens is 9. The fraction of sp³-hybridized carbons (Fsp3) is 0.360. The number of aliphatic hydroxyl groups is 2. The van der Waals surface area contributed by atoms with E-state index in [0.29, 0.717) is 6.07 Å². The Labute approximate surface area is 256 Å². The summed E-state index contributed by atoms with van der Waals surface area (Å²) < 4.78 is 109. The minimum absolute atomic E-state index is 0.0543. The normalized spacial score (nSPS) is 22.8. The third-order valence-electron chi connectivity index (χ3n) is 6.69. The van der Waals surface area contributed by atoms with Gasteiger partial charge in [-0.15, -0.1) is 15.3 Å². The number of hydrogen-bond donors (Lipinski definition) is 2. The molecule has 1 aliphatic rings. The number of aliphatic hydroxyl groups excluding tert-OH is 2. The molecule has 0 saturated carbocycles. The van der Waals surface area contributed by atoms with Crippen LogP contribution in [0.25, 0.3) is 16.9 Å². The van der Waals surface area contributed by atoms with E-state index in [4.69, 9.17) is 21.1 Å². The molecule has 236 valence electrons. The van der Waals surface area contributed by atoms with Gasteiger partial charge in [-0.3, -0.25) is 4.57 Å². The first kappa shape index (κ1) is 32.2. The maximum Gasteiger partial charge on any atom is 0.418 e. The molecular weight excluding hydrogens is 697 g/mol. The van der Waals surface area contributed by atoms with Crippen molar-refractivity contribution in [2.75, 3.05) is 13.2 Å². The Morgan fingerprint density at radius 1 is 1.07 bits per heavy atom. The Balaban J connectivity index is 1.63. The minimum atomic E-state index is -4.89.